The van der Waals surface area contributed by atoms with Gasteiger partial charge in [0.05, 0.1) is 22.0 Å². The molecule has 3 aromatic rings. The molecule has 1 aliphatic rings. The molecule has 0 saturated heterocycles. The molecule has 0 amide bonds. The predicted molar refractivity (Wildman–Crippen MR) is 116 cm³/mol. The van der Waals surface area contributed by atoms with Crippen LogP contribution in [0.4, 0.5) is 4.39 Å². The molecule has 0 aliphatic carbocycles. The zero-order chi connectivity index (χ0) is 20.5. The third-order valence-electron chi connectivity index (χ3n) is 5.03. The van der Waals surface area contributed by atoms with Crippen LogP contribution in [0.5, 0.6) is 5.75 Å². The Morgan fingerprint density at radius 3 is 2.52 bits per heavy atom. The van der Waals surface area contributed by atoms with E-state index in [9.17, 15) is 9.18 Å². The van der Waals surface area contributed by atoms with Gasteiger partial charge in [-0.2, -0.15) is 0 Å². The quantitative estimate of drug-likeness (QED) is 0.295. The van der Waals surface area contributed by atoms with Gasteiger partial charge >= 0.3 is 5.97 Å². The molecule has 4 nitrogen and oxygen atoms in total. The van der Waals surface area contributed by atoms with E-state index in [4.69, 9.17) is 29.2 Å². The van der Waals surface area contributed by atoms with Gasteiger partial charge in [0, 0.05) is 12.2 Å². The number of esters is 1. The lowest BCUT2D eigenvalue weighted by Crippen LogP contribution is -2.56. The van der Waals surface area contributed by atoms with E-state index in [1.807, 2.05) is 47.0 Å². The first-order valence-electron chi connectivity index (χ1n) is 9.12. The molecular formula is C22H18FN2O2S2+. The molecule has 4 rings (SSSR count). The Hall–Kier alpha value is -2.74. The highest BCUT2D eigenvalue weighted by Gasteiger charge is 2.33. The van der Waals surface area contributed by atoms with E-state index >= 15 is 0 Å². The second-order valence-electron chi connectivity index (χ2n) is 6.82. The first-order valence-corrected chi connectivity index (χ1v) is 9.94. The van der Waals surface area contributed by atoms with Crippen LogP contribution in [0.2, 0.25) is 0 Å². The second kappa shape index (κ2) is 7.94. The van der Waals surface area contributed by atoms with Crippen LogP contribution in [0, 0.1) is 5.82 Å². The van der Waals surface area contributed by atoms with Gasteiger partial charge in [-0.3, -0.25) is 4.79 Å². The smallest absolute Gasteiger partial charge is 0.320 e. The Morgan fingerprint density at radius 1 is 1.07 bits per heavy atom. The topological polar surface area (TPSA) is 58.9 Å². The number of rotatable bonds is 5. The van der Waals surface area contributed by atoms with Crippen LogP contribution in [0.15, 0.2) is 60.7 Å². The summed E-state index contributed by atoms with van der Waals surface area (Å²) in [6, 6.07) is 17.8. The summed E-state index contributed by atoms with van der Waals surface area (Å²) in [5.74, 6) is -1.69. The zero-order valence-corrected chi connectivity index (χ0v) is 17.1. The van der Waals surface area contributed by atoms with Crippen molar-refractivity contribution in [2.24, 2.45) is 0 Å². The highest BCUT2D eigenvalue weighted by atomic mass is 32.1. The minimum Gasteiger partial charge on any atom is -0.423 e. The lowest BCUT2D eigenvalue weighted by atomic mass is 10.1. The van der Waals surface area contributed by atoms with Crippen molar-refractivity contribution in [2.75, 3.05) is 0 Å². The average molecular weight is 426 g/mol. The number of hydrogen-bond acceptors (Lipinski definition) is 4. The highest BCUT2D eigenvalue weighted by Crippen LogP contribution is 2.33. The first-order chi connectivity index (χ1) is 14.0. The van der Waals surface area contributed by atoms with E-state index in [0.29, 0.717) is 23.5 Å². The Morgan fingerprint density at radius 2 is 1.83 bits per heavy atom. The number of benzene rings is 2. The fourth-order valence-electron chi connectivity index (χ4n) is 3.55. The normalized spacial score (nSPS) is 15.0. The summed E-state index contributed by atoms with van der Waals surface area (Å²) in [6.45, 7) is 0.654. The summed E-state index contributed by atoms with van der Waals surface area (Å²) in [5.41, 5.74) is 6.79. The van der Waals surface area contributed by atoms with Crippen molar-refractivity contribution in [1.29, 1.82) is 0 Å². The molecule has 2 heterocycles. The third kappa shape index (κ3) is 3.76. The van der Waals surface area contributed by atoms with E-state index < -0.39 is 17.7 Å². The number of ether oxygens (including phenoxy) is 1. The highest BCUT2D eigenvalue weighted by molar-refractivity contribution is 7.81. The second-order valence-corrected chi connectivity index (χ2v) is 7.72. The SMILES string of the molecule is [NH3+]C(=S)c1ccc(OC(=O)C2CCn3c(C(=S)c4ccccc4)ccc32)c(F)c1. The molecule has 1 aromatic heterocycles. The van der Waals surface area contributed by atoms with Gasteiger partial charge < -0.3 is 15.0 Å². The summed E-state index contributed by atoms with van der Waals surface area (Å²) >= 11 is 10.6. The van der Waals surface area contributed by atoms with Gasteiger partial charge in [0.25, 0.3) is 0 Å². The fourth-order valence-corrected chi connectivity index (χ4v) is 4.00. The molecule has 0 bridgehead atoms. The maximum atomic E-state index is 14.3. The Kier molecular flexibility index (Phi) is 5.36. The van der Waals surface area contributed by atoms with Gasteiger partial charge in [-0.15, -0.1) is 0 Å². The van der Waals surface area contributed by atoms with E-state index in [1.54, 1.807) is 6.07 Å². The Balaban J connectivity index is 1.54. The van der Waals surface area contributed by atoms with Gasteiger partial charge in [0.2, 0.25) is 4.99 Å². The van der Waals surface area contributed by atoms with E-state index in [-0.39, 0.29) is 5.75 Å². The van der Waals surface area contributed by atoms with Crippen LogP contribution in [0.1, 0.15) is 34.9 Å². The van der Waals surface area contributed by atoms with Crippen LogP contribution >= 0.6 is 24.4 Å². The number of fused-ring (bicyclic) bond motifs is 1. The Bertz CT molecular complexity index is 1130. The molecule has 0 saturated carbocycles. The minimum atomic E-state index is -0.638. The molecule has 146 valence electrons. The molecule has 1 atom stereocenters. The van der Waals surface area contributed by atoms with Crippen molar-refractivity contribution in [2.45, 2.75) is 18.9 Å². The summed E-state index contributed by atoms with van der Waals surface area (Å²) < 4.78 is 21.7. The minimum absolute atomic E-state index is 0.111. The van der Waals surface area contributed by atoms with E-state index in [1.165, 1.54) is 12.1 Å². The molecule has 0 radical (unpaired) electrons. The number of carbonyl (C=O) groups excluding carboxylic acids is 1. The number of carbonyl (C=O) groups is 1. The summed E-state index contributed by atoms with van der Waals surface area (Å²) in [7, 11) is 0. The molecule has 1 aliphatic heterocycles. The molecule has 2 aromatic carbocycles. The van der Waals surface area contributed by atoms with Crippen molar-refractivity contribution in [3.63, 3.8) is 0 Å². The molecule has 0 spiro atoms. The van der Waals surface area contributed by atoms with Gasteiger partial charge in [0.1, 0.15) is 0 Å². The van der Waals surface area contributed by atoms with Crippen LogP contribution in [0.3, 0.4) is 0 Å². The molecule has 1 unspecified atom stereocenters. The monoisotopic (exact) mass is 425 g/mol. The van der Waals surface area contributed by atoms with Gasteiger partial charge in [-0.1, -0.05) is 42.5 Å². The van der Waals surface area contributed by atoms with Crippen LogP contribution in [-0.2, 0) is 11.3 Å². The van der Waals surface area contributed by atoms with Gasteiger partial charge in [-0.25, -0.2) is 4.39 Å². The zero-order valence-electron chi connectivity index (χ0n) is 15.4. The molecule has 29 heavy (non-hydrogen) atoms. The summed E-state index contributed by atoms with van der Waals surface area (Å²) in [6.07, 6.45) is 0.585. The summed E-state index contributed by atoms with van der Waals surface area (Å²) in [4.78, 5) is 13.8. The molecule has 0 fully saturated rings. The lowest BCUT2D eigenvalue weighted by molar-refractivity contribution is -0.206. The number of nitrogens with zero attached hydrogens (tertiary/aromatic N) is 1. The van der Waals surface area contributed by atoms with Crippen LogP contribution in [-0.4, -0.2) is 20.4 Å². The number of quaternary nitrogens is 1. The van der Waals surface area contributed by atoms with Gasteiger partial charge in [0.15, 0.2) is 11.6 Å². The fraction of sp³-hybridized carbons (Fsp3) is 0.136. The third-order valence-corrected chi connectivity index (χ3v) is 5.71. The first kappa shape index (κ1) is 19.6. The maximum absolute atomic E-state index is 14.3. The van der Waals surface area contributed by atoms with E-state index in [0.717, 1.165) is 21.8 Å². The largest absolute Gasteiger partial charge is 0.423 e. The summed E-state index contributed by atoms with van der Waals surface area (Å²) in [5, 5.41) is 0. The molecular weight excluding hydrogens is 407 g/mol. The number of halogens is 1. The lowest BCUT2D eigenvalue weighted by Gasteiger charge is -2.11. The van der Waals surface area contributed by atoms with Crippen molar-refractivity contribution in [3.8, 4) is 5.75 Å². The van der Waals surface area contributed by atoms with Crippen molar-refractivity contribution < 1.29 is 19.7 Å². The number of thiocarbonyl (C=S) groups is 2. The van der Waals surface area contributed by atoms with Crippen LogP contribution in [0.25, 0.3) is 0 Å². The number of aromatic nitrogens is 1. The van der Waals surface area contributed by atoms with Crippen molar-refractivity contribution >= 4 is 40.3 Å². The van der Waals surface area contributed by atoms with Crippen LogP contribution < -0.4 is 10.5 Å². The molecule has 7 heteroatoms. The standard InChI is InChI=1S/C22H17FN2O2S2/c23-16-12-14(21(24)29)6-9-19(16)27-22(26)15-10-11-25-17(15)7-8-18(25)20(28)13-4-2-1-3-5-13/h1-9,12,15H,10-11H2,(H2,24,29)/p+1. The van der Waals surface area contributed by atoms with Crippen molar-refractivity contribution in [3.05, 3.63) is 89.0 Å². The van der Waals surface area contributed by atoms with Gasteiger partial charge in [-0.05, 0) is 54.5 Å². The molecule has 3 N–H and O–H groups in total. The Labute approximate surface area is 178 Å². The number of hydrogen-bond donors (Lipinski definition) is 1. The van der Waals surface area contributed by atoms with Crippen molar-refractivity contribution in [1.82, 2.24) is 4.57 Å². The predicted octanol–water partition coefficient (Wildman–Crippen LogP) is 3.40. The maximum Gasteiger partial charge on any atom is 0.320 e. The van der Waals surface area contributed by atoms with E-state index in [2.05, 4.69) is 5.73 Å². The average Bonchev–Trinajstić information content (AvgIpc) is 3.31.